The van der Waals surface area contributed by atoms with E-state index in [-0.39, 0.29) is 12.3 Å². The summed E-state index contributed by atoms with van der Waals surface area (Å²) in [4.78, 5) is 16.8. The van der Waals surface area contributed by atoms with Crippen LogP contribution in [0.25, 0.3) is 16.5 Å². The number of furan rings is 1. The van der Waals surface area contributed by atoms with E-state index in [1.807, 2.05) is 44.4 Å². The fourth-order valence-electron chi connectivity index (χ4n) is 3.05. The first-order valence-electron chi connectivity index (χ1n) is 9.03. The first-order chi connectivity index (χ1) is 13.9. The molecule has 8 heteroatoms. The molecule has 6 nitrogen and oxygen atoms in total. The number of aryl methyl sites for hydroxylation is 3. The van der Waals surface area contributed by atoms with Gasteiger partial charge in [-0.15, -0.1) is 11.3 Å². The second-order valence-corrected chi connectivity index (χ2v) is 7.64. The highest BCUT2D eigenvalue weighted by atomic mass is 32.1. The highest BCUT2D eigenvalue weighted by Gasteiger charge is 2.14. The van der Waals surface area contributed by atoms with Crippen LogP contribution in [0.15, 0.2) is 46.2 Å². The van der Waals surface area contributed by atoms with E-state index < -0.39 is 5.82 Å². The largest absolute Gasteiger partial charge is 0.459 e. The van der Waals surface area contributed by atoms with Crippen LogP contribution in [0.1, 0.15) is 22.8 Å². The molecule has 0 saturated heterocycles. The van der Waals surface area contributed by atoms with Crippen molar-refractivity contribution in [2.45, 2.75) is 27.2 Å². The summed E-state index contributed by atoms with van der Waals surface area (Å²) >= 11 is 1.42. The Bertz CT molecular complexity index is 1190. The van der Waals surface area contributed by atoms with Gasteiger partial charge in [0, 0.05) is 16.8 Å². The quantitative estimate of drug-likeness (QED) is 0.511. The molecule has 3 aromatic heterocycles. The number of thiazole rings is 1. The Morgan fingerprint density at radius 3 is 2.69 bits per heavy atom. The number of benzene rings is 1. The molecule has 29 heavy (non-hydrogen) atoms. The maximum atomic E-state index is 14.6. The van der Waals surface area contributed by atoms with Gasteiger partial charge in [-0.25, -0.2) is 14.1 Å². The Morgan fingerprint density at radius 1 is 1.21 bits per heavy atom. The van der Waals surface area contributed by atoms with E-state index in [1.165, 1.54) is 17.4 Å². The number of rotatable bonds is 5. The highest BCUT2D eigenvalue weighted by molar-refractivity contribution is 7.13. The van der Waals surface area contributed by atoms with E-state index in [1.54, 1.807) is 16.8 Å². The van der Waals surface area contributed by atoms with Crippen molar-refractivity contribution in [2.24, 2.45) is 0 Å². The third-order valence-electron chi connectivity index (χ3n) is 4.31. The van der Waals surface area contributed by atoms with Gasteiger partial charge in [-0.05, 0) is 57.2 Å². The number of nitrogens with one attached hydrogen (secondary N) is 1. The van der Waals surface area contributed by atoms with Crippen LogP contribution in [-0.2, 0) is 11.2 Å². The Kier molecular flexibility index (Phi) is 5.02. The average molecular weight is 410 g/mol. The predicted octanol–water partition coefficient (Wildman–Crippen LogP) is 4.83. The molecule has 148 valence electrons. The second kappa shape index (κ2) is 7.63. The minimum absolute atomic E-state index is 0.0943. The van der Waals surface area contributed by atoms with Crippen LogP contribution >= 0.6 is 11.3 Å². The summed E-state index contributed by atoms with van der Waals surface area (Å²) < 4.78 is 21.7. The third-order valence-corrected chi connectivity index (χ3v) is 5.22. The first-order valence-corrected chi connectivity index (χ1v) is 9.91. The lowest BCUT2D eigenvalue weighted by Crippen LogP contribution is -2.15. The van der Waals surface area contributed by atoms with Gasteiger partial charge in [-0.1, -0.05) is 0 Å². The lowest BCUT2D eigenvalue weighted by Gasteiger charge is -2.09. The van der Waals surface area contributed by atoms with Crippen LogP contribution in [0.5, 0.6) is 0 Å². The van der Waals surface area contributed by atoms with Gasteiger partial charge < -0.3 is 9.73 Å². The smallest absolute Gasteiger partial charge is 0.230 e. The summed E-state index contributed by atoms with van der Waals surface area (Å²) in [5.74, 6) is 0.760. The van der Waals surface area contributed by atoms with Crippen molar-refractivity contribution < 1.29 is 13.6 Å². The van der Waals surface area contributed by atoms with Crippen molar-refractivity contribution in [1.82, 2.24) is 14.8 Å². The summed E-state index contributed by atoms with van der Waals surface area (Å²) in [6.45, 7) is 5.58. The SMILES string of the molecule is Cc1cc(C)n(-c2ccc(NC(=O)Cc3csc(-c4ccc(C)o4)n3)cc2F)n1. The van der Waals surface area contributed by atoms with E-state index in [0.29, 0.717) is 22.8 Å². The number of hydrogen-bond acceptors (Lipinski definition) is 5. The Labute approximate surface area is 171 Å². The van der Waals surface area contributed by atoms with Crippen LogP contribution in [0.4, 0.5) is 10.1 Å². The molecule has 0 atom stereocenters. The lowest BCUT2D eigenvalue weighted by atomic mass is 10.2. The van der Waals surface area contributed by atoms with Crippen LogP contribution in [0.3, 0.4) is 0 Å². The number of hydrogen-bond donors (Lipinski definition) is 1. The molecule has 0 radical (unpaired) electrons. The van der Waals surface area contributed by atoms with E-state index in [4.69, 9.17) is 4.42 Å². The fraction of sp³-hybridized carbons (Fsp3) is 0.190. The molecule has 4 rings (SSSR count). The van der Waals surface area contributed by atoms with Crippen molar-refractivity contribution in [3.8, 4) is 16.5 Å². The molecule has 1 amide bonds. The van der Waals surface area contributed by atoms with E-state index in [0.717, 1.165) is 22.2 Å². The number of carbonyl (C=O) groups excluding carboxylic acids is 1. The van der Waals surface area contributed by atoms with Crippen LogP contribution in [-0.4, -0.2) is 20.7 Å². The zero-order chi connectivity index (χ0) is 20.5. The third kappa shape index (κ3) is 4.12. The van der Waals surface area contributed by atoms with Crippen molar-refractivity contribution >= 4 is 22.9 Å². The van der Waals surface area contributed by atoms with Crippen LogP contribution < -0.4 is 5.32 Å². The molecule has 4 aromatic rings. The summed E-state index contributed by atoms with van der Waals surface area (Å²) in [5.41, 5.74) is 3.01. The second-order valence-electron chi connectivity index (χ2n) is 6.78. The van der Waals surface area contributed by atoms with Crippen molar-refractivity contribution in [3.63, 3.8) is 0 Å². The van der Waals surface area contributed by atoms with Crippen LogP contribution in [0.2, 0.25) is 0 Å². The normalized spacial score (nSPS) is 11.0. The molecule has 3 heterocycles. The Morgan fingerprint density at radius 2 is 2.03 bits per heavy atom. The monoisotopic (exact) mass is 410 g/mol. The lowest BCUT2D eigenvalue weighted by molar-refractivity contribution is -0.115. The maximum Gasteiger partial charge on any atom is 0.230 e. The molecule has 0 aliphatic heterocycles. The fourth-order valence-corrected chi connectivity index (χ4v) is 3.83. The Hall–Kier alpha value is -3.26. The van der Waals surface area contributed by atoms with Gasteiger partial charge in [0.2, 0.25) is 5.91 Å². The number of anilines is 1. The molecule has 1 aromatic carbocycles. The van der Waals surface area contributed by atoms with E-state index >= 15 is 0 Å². The van der Waals surface area contributed by atoms with Gasteiger partial charge in [0.15, 0.2) is 16.6 Å². The number of carbonyl (C=O) groups is 1. The minimum Gasteiger partial charge on any atom is -0.459 e. The van der Waals surface area contributed by atoms with E-state index in [9.17, 15) is 9.18 Å². The zero-order valence-corrected chi connectivity index (χ0v) is 17.0. The topological polar surface area (TPSA) is 73.0 Å². The molecule has 0 unspecified atom stereocenters. The van der Waals surface area contributed by atoms with Crippen LogP contribution in [0, 0.1) is 26.6 Å². The molecule has 0 fully saturated rings. The highest BCUT2D eigenvalue weighted by Crippen LogP contribution is 2.26. The summed E-state index contributed by atoms with van der Waals surface area (Å²) in [5, 5.41) is 9.55. The van der Waals surface area contributed by atoms with Gasteiger partial charge in [0.1, 0.15) is 11.4 Å². The van der Waals surface area contributed by atoms with E-state index in [2.05, 4.69) is 15.4 Å². The van der Waals surface area contributed by atoms with Gasteiger partial charge in [0.05, 0.1) is 17.8 Å². The number of amides is 1. The molecule has 0 saturated carbocycles. The summed E-state index contributed by atoms with van der Waals surface area (Å²) in [6.07, 6.45) is 0.0943. The standard InChI is InChI=1S/C21H19FN4O2S/c1-12-8-13(2)26(25-12)18-6-5-15(9-17(18)22)23-20(27)10-16-11-29-21(24-16)19-7-4-14(3)28-19/h4-9,11H,10H2,1-3H3,(H,23,27). The zero-order valence-electron chi connectivity index (χ0n) is 16.2. The average Bonchev–Trinajstić information content (AvgIpc) is 3.36. The molecule has 0 aliphatic rings. The number of nitrogens with zero attached hydrogens (tertiary/aromatic N) is 3. The van der Waals surface area contributed by atoms with Crippen molar-refractivity contribution in [2.75, 3.05) is 5.32 Å². The van der Waals surface area contributed by atoms with Gasteiger partial charge in [-0.3, -0.25) is 4.79 Å². The predicted molar refractivity (Wildman–Crippen MR) is 110 cm³/mol. The maximum absolute atomic E-state index is 14.6. The van der Waals surface area contributed by atoms with Crippen molar-refractivity contribution in [1.29, 1.82) is 0 Å². The molecular formula is C21H19FN4O2S. The molecule has 0 bridgehead atoms. The summed E-state index contributed by atoms with van der Waals surface area (Å²) in [7, 11) is 0. The van der Waals surface area contributed by atoms with Gasteiger partial charge in [0.25, 0.3) is 0 Å². The number of halogens is 1. The molecule has 0 spiro atoms. The van der Waals surface area contributed by atoms with Gasteiger partial charge >= 0.3 is 0 Å². The first kappa shape index (κ1) is 19.1. The van der Waals surface area contributed by atoms with Crippen molar-refractivity contribution in [3.05, 3.63) is 70.4 Å². The molecular weight excluding hydrogens is 391 g/mol. The molecule has 1 N–H and O–H groups in total. The Balaban J connectivity index is 1.44. The van der Waals surface area contributed by atoms with Gasteiger partial charge in [-0.2, -0.15) is 5.10 Å². The number of aromatic nitrogens is 3. The minimum atomic E-state index is -0.460. The molecule has 0 aliphatic carbocycles. The summed E-state index contributed by atoms with van der Waals surface area (Å²) in [6, 6.07) is 10.1.